The zero-order valence-corrected chi connectivity index (χ0v) is 21.3. The molecule has 0 radical (unpaired) electrons. The number of hydrogen-bond acceptors (Lipinski definition) is 8. The molecule has 2 aromatic carbocycles. The van der Waals surface area contributed by atoms with Gasteiger partial charge in [-0.15, -0.1) is 0 Å². The molecule has 0 aliphatic carbocycles. The molecule has 196 valence electrons. The van der Waals surface area contributed by atoms with E-state index < -0.39 is 30.6 Å². The van der Waals surface area contributed by atoms with Crippen LogP contribution in [0.2, 0.25) is 0 Å². The Bertz CT molecular complexity index is 1390. The fourth-order valence-corrected chi connectivity index (χ4v) is 5.15. The lowest BCUT2D eigenvalue weighted by molar-refractivity contribution is -0.137. The number of nitrogens with one attached hydrogen (secondary N) is 3. The largest absolute Gasteiger partial charge is 0.488 e. The Morgan fingerprint density at radius 2 is 1.86 bits per heavy atom. The molecule has 0 fully saturated rings. The van der Waals surface area contributed by atoms with Gasteiger partial charge in [0.25, 0.3) is 5.91 Å². The van der Waals surface area contributed by atoms with Crippen molar-refractivity contribution in [3.63, 3.8) is 0 Å². The van der Waals surface area contributed by atoms with Gasteiger partial charge in [-0.3, -0.25) is 9.63 Å². The van der Waals surface area contributed by atoms with Crippen molar-refractivity contribution in [2.45, 2.75) is 25.6 Å². The standard InChI is InChI=1S/C24H25F3N5O4P/c1-13-11-15-14(22(33)32-35-2)9-10-18(20(15)36-13)30-23-28-12-16(24(25,26)27)21(31-23)29-17-7-5-6-8-19(17)37(3,4)34/h5-10,12-13H,11H2,1-4H3,(H,32,33)(H2,28,29,30,31). The second kappa shape index (κ2) is 10.0. The summed E-state index contributed by atoms with van der Waals surface area (Å²) < 4.78 is 59.9. The summed E-state index contributed by atoms with van der Waals surface area (Å²) in [7, 11) is -1.49. The summed E-state index contributed by atoms with van der Waals surface area (Å²) in [5, 5.41) is 5.99. The first-order valence-electron chi connectivity index (χ1n) is 11.2. The predicted molar refractivity (Wildman–Crippen MR) is 134 cm³/mol. The van der Waals surface area contributed by atoms with Gasteiger partial charge < -0.3 is 19.9 Å². The SMILES string of the molecule is CONC(=O)c1ccc(Nc2ncc(C(F)(F)F)c(Nc3ccccc3P(C)(C)=O)n2)c2c1CC(C)O2. The maximum atomic E-state index is 13.8. The van der Waals surface area contributed by atoms with Crippen LogP contribution in [-0.4, -0.2) is 42.4 Å². The third-order valence-corrected chi connectivity index (χ3v) is 7.14. The maximum Gasteiger partial charge on any atom is 0.421 e. The Labute approximate surface area is 211 Å². The minimum atomic E-state index is -4.74. The first-order valence-corrected chi connectivity index (χ1v) is 13.8. The molecule has 1 aliphatic rings. The molecule has 0 spiro atoms. The zero-order valence-electron chi connectivity index (χ0n) is 20.4. The summed E-state index contributed by atoms with van der Waals surface area (Å²) in [4.78, 5) is 25.0. The molecule has 3 aromatic rings. The van der Waals surface area contributed by atoms with Gasteiger partial charge in [-0.05, 0) is 44.5 Å². The minimum Gasteiger partial charge on any atom is -0.488 e. The molecule has 4 rings (SSSR count). The smallest absolute Gasteiger partial charge is 0.421 e. The fraction of sp³-hybridized carbons (Fsp3) is 0.292. The van der Waals surface area contributed by atoms with E-state index in [2.05, 4.69) is 26.1 Å². The Balaban J connectivity index is 1.73. The summed E-state index contributed by atoms with van der Waals surface area (Å²) in [6.45, 7) is 4.89. The summed E-state index contributed by atoms with van der Waals surface area (Å²) in [6.07, 6.45) is -3.85. The van der Waals surface area contributed by atoms with Gasteiger partial charge in [0.2, 0.25) is 5.95 Å². The Hall–Kier alpha value is -3.63. The maximum absolute atomic E-state index is 13.8. The Morgan fingerprint density at radius 3 is 2.54 bits per heavy atom. The van der Waals surface area contributed by atoms with Crippen molar-refractivity contribution < 1.29 is 32.1 Å². The number of amides is 1. The number of anilines is 4. The molecule has 0 saturated carbocycles. The number of carbonyl (C=O) groups excluding carboxylic acids is 1. The summed E-state index contributed by atoms with van der Waals surface area (Å²) in [5.74, 6) is -0.725. The number of aromatic nitrogens is 2. The Kier molecular flexibility index (Phi) is 7.16. The van der Waals surface area contributed by atoms with Crippen LogP contribution in [0.5, 0.6) is 5.75 Å². The van der Waals surface area contributed by atoms with Crippen LogP contribution in [0.3, 0.4) is 0 Å². The molecule has 1 aliphatic heterocycles. The third-order valence-electron chi connectivity index (χ3n) is 5.59. The lowest BCUT2D eigenvalue weighted by Gasteiger charge is -2.18. The number of rotatable bonds is 7. The number of nitrogens with zero attached hydrogens (tertiary/aromatic N) is 2. The quantitative estimate of drug-likeness (QED) is 0.291. The van der Waals surface area contributed by atoms with E-state index in [0.29, 0.717) is 40.5 Å². The normalized spacial score (nSPS) is 15.1. The van der Waals surface area contributed by atoms with E-state index in [4.69, 9.17) is 9.57 Å². The van der Waals surface area contributed by atoms with Crippen LogP contribution in [0.1, 0.15) is 28.4 Å². The van der Waals surface area contributed by atoms with E-state index in [0.717, 1.165) is 0 Å². The summed E-state index contributed by atoms with van der Waals surface area (Å²) in [5.41, 5.74) is 2.78. The van der Waals surface area contributed by atoms with Crippen LogP contribution >= 0.6 is 7.14 Å². The van der Waals surface area contributed by atoms with Crippen LogP contribution in [0.15, 0.2) is 42.6 Å². The predicted octanol–water partition coefficient (Wildman–Crippen LogP) is 4.85. The van der Waals surface area contributed by atoms with Gasteiger partial charge in [-0.25, -0.2) is 10.5 Å². The monoisotopic (exact) mass is 535 g/mol. The molecule has 0 bridgehead atoms. The van der Waals surface area contributed by atoms with E-state index in [1.165, 1.54) is 26.5 Å². The molecule has 13 heteroatoms. The number of benzene rings is 2. The van der Waals surface area contributed by atoms with E-state index in [1.807, 2.05) is 6.92 Å². The van der Waals surface area contributed by atoms with Gasteiger partial charge in [0, 0.05) is 29.0 Å². The van der Waals surface area contributed by atoms with Crippen molar-refractivity contribution in [3.05, 3.63) is 59.3 Å². The number of halogens is 3. The van der Waals surface area contributed by atoms with Crippen molar-refractivity contribution in [2.75, 3.05) is 31.1 Å². The summed E-state index contributed by atoms with van der Waals surface area (Å²) in [6, 6.07) is 9.52. The highest BCUT2D eigenvalue weighted by Gasteiger charge is 2.36. The average molecular weight is 535 g/mol. The van der Waals surface area contributed by atoms with Crippen molar-refractivity contribution in [3.8, 4) is 5.75 Å². The molecule has 9 nitrogen and oxygen atoms in total. The second-order valence-electron chi connectivity index (χ2n) is 8.81. The van der Waals surface area contributed by atoms with E-state index in [1.54, 1.807) is 30.3 Å². The lowest BCUT2D eigenvalue weighted by Crippen LogP contribution is -2.23. The van der Waals surface area contributed by atoms with E-state index in [-0.39, 0.29) is 17.7 Å². The first kappa shape index (κ1) is 26.4. The molecule has 3 N–H and O–H groups in total. The number of hydrogen-bond donors (Lipinski definition) is 3. The van der Waals surface area contributed by atoms with Crippen molar-refractivity contribution in [1.82, 2.24) is 15.4 Å². The minimum absolute atomic E-state index is 0.136. The van der Waals surface area contributed by atoms with Crippen LogP contribution in [0.25, 0.3) is 0 Å². The second-order valence-corrected chi connectivity index (χ2v) is 12.0. The molecule has 0 saturated heterocycles. The highest BCUT2D eigenvalue weighted by molar-refractivity contribution is 7.70. The molecule has 1 aromatic heterocycles. The van der Waals surface area contributed by atoms with Gasteiger partial charge in [-0.1, -0.05) is 12.1 Å². The fourth-order valence-electron chi connectivity index (χ4n) is 4.00. The van der Waals surface area contributed by atoms with E-state index >= 15 is 0 Å². The number of carbonyl (C=O) groups is 1. The number of para-hydroxylation sites is 1. The highest BCUT2D eigenvalue weighted by atomic mass is 31.2. The van der Waals surface area contributed by atoms with Crippen LogP contribution in [0, 0.1) is 0 Å². The molecule has 2 heterocycles. The lowest BCUT2D eigenvalue weighted by atomic mass is 10.0. The molecule has 1 atom stereocenters. The number of alkyl halides is 3. The van der Waals surface area contributed by atoms with Crippen LogP contribution in [-0.2, 0) is 22.0 Å². The van der Waals surface area contributed by atoms with E-state index in [9.17, 15) is 22.5 Å². The van der Waals surface area contributed by atoms with Gasteiger partial charge >= 0.3 is 6.18 Å². The highest BCUT2D eigenvalue weighted by Crippen LogP contribution is 2.42. The third kappa shape index (κ3) is 5.70. The van der Waals surface area contributed by atoms with Gasteiger partial charge in [-0.2, -0.15) is 18.2 Å². The number of fused-ring (bicyclic) bond motifs is 1. The average Bonchev–Trinajstić information content (AvgIpc) is 3.20. The van der Waals surface area contributed by atoms with Crippen molar-refractivity contribution in [2.24, 2.45) is 0 Å². The molecule has 1 amide bonds. The van der Waals surface area contributed by atoms with Gasteiger partial charge in [0.1, 0.15) is 30.4 Å². The van der Waals surface area contributed by atoms with Gasteiger partial charge in [0.05, 0.1) is 18.5 Å². The molecular weight excluding hydrogens is 510 g/mol. The van der Waals surface area contributed by atoms with Gasteiger partial charge in [0.15, 0.2) is 0 Å². The molecule has 37 heavy (non-hydrogen) atoms. The summed E-state index contributed by atoms with van der Waals surface area (Å²) >= 11 is 0. The topological polar surface area (TPSA) is 114 Å². The van der Waals surface area contributed by atoms with Crippen LogP contribution in [0.4, 0.5) is 36.3 Å². The van der Waals surface area contributed by atoms with Crippen LogP contribution < -0.4 is 26.2 Å². The Morgan fingerprint density at radius 1 is 1.14 bits per heavy atom. The first-order chi connectivity index (χ1) is 17.4. The number of hydroxylamine groups is 1. The zero-order chi connectivity index (χ0) is 27.0. The molecular formula is C24H25F3N5O4P. The van der Waals surface area contributed by atoms with Crippen molar-refractivity contribution in [1.29, 1.82) is 0 Å². The van der Waals surface area contributed by atoms with Crippen molar-refractivity contribution >= 4 is 41.5 Å². The molecule has 1 unspecified atom stereocenters. The number of ether oxygens (including phenoxy) is 1.